The van der Waals surface area contributed by atoms with Gasteiger partial charge in [0.1, 0.15) is 10.2 Å². The molecule has 0 atom stereocenters. The molecule has 4 rings (SSSR count). The van der Waals surface area contributed by atoms with Crippen molar-refractivity contribution in [3.63, 3.8) is 0 Å². The monoisotopic (exact) mass is 445 g/mol. The van der Waals surface area contributed by atoms with Gasteiger partial charge in [0.25, 0.3) is 10.0 Å². The van der Waals surface area contributed by atoms with E-state index in [2.05, 4.69) is 19.9 Å². The summed E-state index contributed by atoms with van der Waals surface area (Å²) in [6.45, 7) is 2.01. The van der Waals surface area contributed by atoms with E-state index in [1.165, 1.54) is 6.20 Å². The van der Waals surface area contributed by atoms with Gasteiger partial charge in [-0.2, -0.15) is 5.10 Å². The predicted octanol–water partition coefficient (Wildman–Crippen LogP) is 5.10. The minimum absolute atomic E-state index is 0.126. The van der Waals surface area contributed by atoms with Crippen LogP contribution in [0.4, 0.5) is 22.3 Å². The highest BCUT2D eigenvalue weighted by Gasteiger charge is 2.18. The molecular formula is C19H16ClN5O2S2. The van der Waals surface area contributed by atoms with Crippen LogP contribution in [0.25, 0.3) is 0 Å². The molecule has 0 aliphatic heterocycles. The molecule has 0 spiro atoms. The van der Waals surface area contributed by atoms with E-state index < -0.39 is 10.0 Å². The van der Waals surface area contributed by atoms with E-state index in [-0.39, 0.29) is 10.0 Å². The molecule has 4 aromatic rings. The number of nitrogens with zero attached hydrogens (tertiary/aromatic N) is 3. The van der Waals surface area contributed by atoms with Crippen molar-refractivity contribution in [3.05, 3.63) is 76.9 Å². The zero-order chi connectivity index (χ0) is 20.4. The average Bonchev–Trinajstić information content (AvgIpc) is 3.34. The number of aryl methyl sites for hydroxylation is 1. The molecule has 0 aliphatic rings. The summed E-state index contributed by atoms with van der Waals surface area (Å²) in [5.41, 5.74) is 2.83. The van der Waals surface area contributed by atoms with Crippen molar-refractivity contribution < 1.29 is 8.42 Å². The van der Waals surface area contributed by atoms with Crippen LogP contribution in [0.1, 0.15) is 5.56 Å². The summed E-state index contributed by atoms with van der Waals surface area (Å²) in [7, 11) is -3.77. The summed E-state index contributed by atoms with van der Waals surface area (Å²) in [6.07, 6.45) is 3.07. The average molecular weight is 446 g/mol. The largest absolute Gasteiger partial charge is 0.295 e. The van der Waals surface area contributed by atoms with Gasteiger partial charge in [0.05, 0.1) is 17.3 Å². The number of anilines is 4. The number of thiazole rings is 1. The maximum absolute atomic E-state index is 12.6. The van der Waals surface area contributed by atoms with Gasteiger partial charge >= 0.3 is 0 Å². The highest BCUT2D eigenvalue weighted by atomic mass is 35.5. The van der Waals surface area contributed by atoms with Gasteiger partial charge in [-0.25, -0.2) is 13.4 Å². The molecule has 0 unspecified atom stereocenters. The Morgan fingerprint density at radius 3 is 2.52 bits per heavy atom. The third-order valence-corrected chi connectivity index (χ3v) is 6.61. The summed E-state index contributed by atoms with van der Waals surface area (Å²) in [4.78, 5) is 6.02. The fraction of sp³-hybridized carbons (Fsp3) is 0.0526. The summed E-state index contributed by atoms with van der Waals surface area (Å²) >= 11 is 6.88. The molecule has 2 heterocycles. The van der Waals surface area contributed by atoms with Crippen molar-refractivity contribution in [1.82, 2.24) is 15.2 Å². The predicted molar refractivity (Wildman–Crippen MR) is 116 cm³/mol. The van der Waals surface area contributed by atoms with Crippen LogP contribution in [-0.4, -0.2) is 23.6 Å². The van der Waals surface area contributed by atoms with Gasteiger partial charge in [0.2, 0.25) is 0 Å². The van der Waals surface area contributed by atoms with Crippen LogP contribution >= 0.6 is 22.9 Å². The number of aromatic amines is 1. The third-order valence-electron chi connectivity index (χ3n) is 4.09. The second-order valence-electron chi connectivity index (χ2n) is 6.19. The first kappa shape index (κ1) is 19.4. The van der Waals surface area contributed by atoms with E-state index in [9.17, 15) is 8.42 Å². The lowest BCUT2D eigenvalue weighted by molar-refractivity contribution is 0.601. The fourth-order valence-corrected chi connectivity index (χ4v) is 4.87. The van der Waals surface area contributed by atoms with Crippen LogP contribution in [0, 0.1) is 6.92 Å². The molecule has 0 radical (unpaired) electrons. The van der Waals surface area contributed by atoms with Gasteiger partial charge in [-0.15, -0.1) is 0 Å². The van der Waals surface area contributed by atoms with E-state index in [0.717, 1.165) is 34.1 Å². The topological polar surface area (TPSA) is 91.0 Å². The Balaban J connectivity index is 1.67. The maximum atomic E-state index is 12.6. The normalized spacial score (nSPS) is 11.4. The summed E-state index contributed by atoms with van der Waals surface area (Å²) < 4.78 is 28.1. The zero-order valence-corrected chi connectivity index (χ0v) is 17.6. The Labute approximate surface area is 177 Å². The Kier molecular flexibility index (Phi) is 5.27. The Hall–Kier alpha value is -2.88. The molecule has 29 heavy (non-hydrogen) atoms. The van der Waals surface area contributed by atoms with E-state index in [1.54, 1.807) is 30.5 Å². The second kappa shape index (κ2) is 7.86. The molecule has 10 heteroatoms. The van der Waals surface area contributed by atoms with Crippen LogP contribution < -0.4 is 9.62 Å². The molecule has 7 nitrogen and oxygen atoms in total. The molecule has 0 amide bonds. The number of benzene rings is 2. The van der Waals surface area contributed by atoms with Crippen LogP contribution in [0.3, 0.4) is 0 Å². The fourth-order valence-electron chi connectivity index (χ4n) is 2.82. The lowest BCUT2D eigenvalue weighted by Crippen LogP contribution is -2.14. The lowest BCUT2D eigenvalue weighted by Gasteiger charge is -2.23. The molecule has 0 bridgehead atoms. The molecule has 0 saturated carbocycles. The molecular weight excluding hydrogens is 430 g/mol. The minimum Gasteiger partial charge on any atom is -0.295 e. The number of hydrogen-bond acceptors (Lipinski definition) is 6. The summed E-state index contributed by atoms with van der Waals surface area (Å²) in [6, 6.07) is 16.4. The number of halogens is 1. The van der Waals surface area contributed by atoms with E-state index in [1.807, 2.05) is 42.2 Å². The van der Waals surface area contributed by atoms with Gasteiger partial charge in [-0.05, 0) is 48.9 Å². The summed E-state index contributed by atoms with van der Waals surface area (Å²) in [5, 5.41) is 7.21. The van der Waals surface area contributed by atoms with E-state index in [4.69, 9.17) is 11.6 Å². The molecule has 2 aromatic heterocycles. The van der Waals surface area contributed by atoms with Crippen LogP contribution in [0.15, 0.2) is 71.9 Å². The zero-order valence-electron chi connectivity index (χ0n) is 15.2. The van der Waals surface area contributed by atoms with E-state index >= 15 is 0 Å². The van der Waals surface area contributed by atoms with Crippen molar-refractivity contribution >= 4 is 55.3 Å². The number of hydrogen-bond donors (Lipinski definition) is 2. The van der Waals surface area contributed by atoms with Crippen molar-refractivity contribution in [2.24, 2.45) is 0 Å². The van der Waals surface area contributed by atoms with Crippen molar-refractivity contribution in [2.45, 2.75) is 11.8 Å². The number of aromatic nitrogens is 3. The third kappa shape index (κ3) is 4.26. The Bertz CT molecular complexity index is 1220. The lowest BCUT2D eigenvalue weighted by atomic mass is 10.2. The minimum atomic E-state index is -3.77. The van der Waals surface area contributed by atoms with Crippen LogP contribution in [0.2, 0.25) is 4.34 Å². The molecule has 2 N–H and O–H groups in total. The maximum Gasteiger partial charge on any atom is 0.263 e. The first-order valence-corrected chi connectivity index (χ1v) is 11.2. The SMILES string of the molecule is Cc1cccc(N(c2ccc(S(=O)(=O)Nc3ncc(Cl)s3)cc2)c2ccn[nH]2)c1. The van der Waals surface area contributed by atoms with Gasteiger partial charge in [0.15, 0.2) is 5.13 Å². The van der Waals surface area contributed by atoms with Gasteiger partial charge in [-0.3, -0.25) is 14.7 Å². The molecule has 0 saturated heterocycles. The number of sulfonamides is 1. The van der Waals surface area contributed by atoms with Crippen molar-refractivity contribution in [1.29, 1.82) is 0 Å². The first-order chi connectivity index (χ1) is 13.9. The first-order valence-electron chi connectivity index (χ1n) is 8.53. The van der Waals surface area contributed by atoms with Gasteiger partial charge in [-0.1, -0.05) is 35.1 Å². The Morgan fingerprint density at radius 1 is 1.10 bits per heavy atom. The standard InChI is InChI=1S/C19H16ClN5O2S2/c1-13-3-2-4-15(11-13)25(18-9-10-22-23-18)14-5-7-16(8-6-14)29(26,27)24-19-21-12-17(20)28-19/h2-12H,1H3,(H,21,24)(H,22,23). The molecule has 2 aromatic carbocycles. The number of rotatable bonds is 6. The smallest absolute Gasteiger partial charge is 0.263 e. The van der Waals surface area contributed by atoms with E-state index in [0.29, 0.717) is 4.34 Å². The molecule has 0 fully saturated rings. The van der Waals surface area contributed by atoms with Crippen LogP contribution in [0.5, 0.6) is 0 Å². The molecule has 0 aliphatic carbocycles. The second-order valence-corrected chi connectivity index (χ2v) is 9.53. The quantitative estimate of drug-likeness (QED) is 0.431. The van der Waals surface area contributed by atoms with Crippen molar-refractivity contribution in [2.75, 3.05) is 9.62 Å². The van der Waals surface area contributed by atoms with Gasteiger partial charge in [0, 0.05) is 17.4 Å². The Morgan fingerprint density at radius 2 is 1.90 bits per heavy atom. The van der Waals surface area contributed by atoms with Gasteiger partial charge < -0.3 is 0 Å². The highest BCUT2D eigenvalue weighted by Crippen LogP contribution is 2.34. The highest BCUT2D eigenvalue weighted by molar-refractivity contribution is 7.93. The summed E-state index contributed by atoms with van der Waals surface area (Å²) in [5.74, 6) is 0.766. The van der Waals surface area contributed by atoms with Crippen LogP contribution in [-0.2, 0) is 10.0 Å². The van der Waals surface area contributed by atoms with Crippen molar-refractivity contribution in [3.8, 4) is 0 Å². The molecule has 148 valence electrons. The number of H-pyrrole nitrogens is 1. The number of nitrogens with one attached hydrogen (secondary N) is 2.